The number of nitrogens with one attached hydrogen (secondary N) is 1. The summed E-state index contributed by atoms with van der Waals surface area (Å²) >= 11 is 0. The summed E-state index contributed by atoms with van der Waals surface area (Å²) in [6.45, 7) is 1.58. The zero-order chi connectivity index (χ0) is 71.1. The number of hydrogen-bond donors (Lipinski definition) is 12. The summed E-state index contributed by atoms with van der Waals surface area (Å²) in [5.74, 6) is -0.336. The van der Waals surface area contributed by atoms with Crippen LogP contribution in [0.25, 0.3) is 0 Å². The number of ether oxygens (including phenoxy) is 6. The molecule has 0 aromatic heterocycles. The van der Waals surface area contributed by atoms with Gasteiger partial charge in [-0.05, 0) is 83.5 Å². The molecule has 3 aliphatic heterocycles. The van der Waals surface area contributed by atoms with E-state index in [0.717, 1.165) is 83.5 Å². The Hall–Kier alpha value is -3.81. The monoisotopic (exact) mass is 1380 g/mol. The van der Waals surface area contributed by atoms with Crippen molar-refractivity contribution < 1.29 is 89.4 Å². The highest BCUT2D eigenvalue weighted by atomic mass is 16.8. The molecule has 3 rings (SSSR count). The quantitative estimate of drug-likeness (QED) is 0.0199. The van der Waals surface area contributed by atoms with Gasteiger partial charge in [0, 0.05) is 6.42 Å². The van der Waals surface area contributed by atoms with Crippen LogP contribution >= 0.6 is 0 Å². The molecule has 0 bridgehead atoms. The van der Waals surface area contributed by atoms with Crippen LogP contribution < -0.4 is 5.32 Å². The number of amides is 1. The number of hydrogen-bond acceptors (Lipinski definition) is 18. The van der Waals surface area contributed by atoms with Crippen LogP contribution in [-0.4, -0.2) is 193 Å². The van der Waals surface area contributed by atoms with Crippen molar-refractivity contribution in [2.45, 2.75) is 343 Å². The average Bonchev–Trinajstić information content (AvgIpc) is 0.784. The van der Waals surface area contributed by atoms with Crippen molar-refractivity contribution in [1.82, 2.24) is 5.32 Å². The fraction of sp³-hybridized carbons (Fsp3) is 0.734. The molecule has 0 radical (unpaired) electrons. The largest absolute Gasteiger partial charge is 0.394 e. The molecule has 12 N–H and O–H groups in total. The summed E-state index contributed by atoms with van der Waals surface area (Å²) in [5, 5.41) is 121. The van der Waals surface area contributed by atoms with E-state index < -0.39 is 124 Å². The van der Waals surface area contributed by atoms with Crippen LogP contribution in [0.5, 0.6) is 0 Å². The van der Waals surface area contributed by atoms with Gasteiger partial charge in [0.05, 0.1) is 38.6 Å². The predicted octanol–water partition coefficient (Wildman–Crippen LogP) is 11.6. The number of carbonyl (C=O) groups is 1. The van der Waals surface area contributed by atoms with Gasteiger partial charge in [-0.15, -0.1) is 0 Å². The van der Waals surface area contributed by atoms with Crippen LogP contribution in [0.3, 0.4) is 0 Å². The number of rotatable bonds is 57. The van der Waals surface area contributed by atoms with Gasteiger partial charge in [0.15, 0.2) is 18.9 Å². The summed E-state index contributed by atoms with van der Waals surface area (Å²) in [6, 6.07) is -1.01. The Balaban J connectivity index is 1.44. The van der Waals surface area contributed by atoms with E-state index in [4.69, 9.17) is 28.4 Å². The van der Waals surface area contributed by atoms with Crippen molar-refractivity contribution in [1.29, 1.82) is 0 Å². The van der Waals surface area contributed by atoms with Gasteiger partial charge in [-0.3, -0.25) is 4.79 Å². The minimum atomic E-state index is -1.99. The molecule has 562 valence electrons. The van der Waals surface area contributed by atoms with Crippen molar-refractivity contribution in [3.05, 3.63) is 122 Å². The minimum absolute atomic E-state index is 0.155. The highest BCUT2D eigenvalue weighted by Crippen LogP contribution is 2.33. The second-order valence-corrected chi connectivity index (χ2v) is 26.4. The van der Waals surface area contributed by atoms with Gasteiger partial charge in [0.2, 0.25) is 5.91 Å². The van der Waals surface area contributed by atoms with E-state index in [2.05, 4.69) is 122 Å². The summed E-state index contributed by atoms with van der Waals surface area (Å²) in [4.78, 5) is 13.4. The zero-order valence-electron chi connectivity index (χ0n) is 59.7. The Bertz CT molecular complexity index is 2250. The highest BCUT2D eigenvalue weighted by Gasteiger charge is 2.53. The molecule has 3 heterocycles. The molecule has 0 spiro atoms. The maximum absolute atomic E-state index is 13.4. The molecule has 0 aromatic rings. The molecular weight excluding hydrogens is 1250 g/mol. The fourth-order valence-corrected chi connectivity index (χ4v) is 12.0. The predicted molar refractivity (Wildman–Crippen MR) is 387 cm³/mol. The third-order valence-corrected chi connectivity index (χ3v) is 18.0. The molecule has 17 unspecified atom stereocenters. The Morgan fingerprint density at radius 2 is 0.704 bits per heavy atom. The van der Waals surface area contributed by atoms with Gasteiger partial charge in [0.25, 0.3) is 0 Å². The molecule has 0 aliphatic carbocycles. The van der Waals surface area contributed by atoms with E-state index in [0.29, 0.717) is 12.8 Å². The molecule has 3 saturated heterocycles. The molecule has 0 aromatic carbocycles. The highest BCUT2D eigenvalue weighted by molar-refractivity contribution is 5.76. The topological polar surface area (TPSA) is 307 Å². The van der Waals surface area contributed by atoms with Gasteiger partial charge < -0.3 is 89.9 Å². The van der Waals surface area contributed by atoms with Gasteiger partial charge in [0.1, 0.15) is 73.2 Å². The van der Waals surface area contributed by atoms with Crippen LogP contribution in [0.15, 0.2) is 122 Å². The zero-order valence-corrected chi connectivity index (χ0v) is 59.7. The van der Waals surface area contributed by atoms with E-state index in [1.807, 2.05) is 12.2 Å². The number of aliphatic hydroxyl groups is 11. The molecule has 19 heteroatoms. The first-order valence-corrected chi connectivity index (χ1v) is 37.8. The van der Waals surface area contributed by atoms with E-state index >= 15 is 0 Å². The maximum Gasteiger partial charge on any atom is 0.220 e. The SMILES string of the molecule is CC/C=C\C/C=C\C/C=C\C/C=C\C/C=C\C/C=C\C/C=C\C/C=C\C/C=C\CCCC(=O)NC(COC1OC(CO)C(OC2OC(CO)C(OC3OC(CO)C(O)C(O)C3O)C(O)C2O)C(O)C1O)C(O)/C=C/CCCCCCCCCCCCCCCCCCCCCCCC. The molecular formula is C79H133NO18. The van der Waals surface area contributed by atoms with Gasteiger partial charge >= 0.3 is 0 Å². The van der Waals surface area contributed by atoms with Crippen LogP contribution in [0.2, 0.25) is 0 Å². The minimum Gasteiger partial charge on any atom is -0.394 e. The van der Waals surface area contributed by atoms with Crippen molar-refractivity contribution >= 4 is 5.91 Å². The molecule has 19 nitrogen and oxygen atoms in total. The van der Waals surface area contributed by atoms with E-state index in [1.54, 1.807) is 6.08 Å². The van der Waals surface area contributed by atoms with E-state index in [-0.39, 0.29) is 18.9 Å². The summed E-state index contributed by atoms with van der Waals surface area (Å²) in [6.07, 6.45) is 54.6. The smallest absolute Gasteiger partial charge is 0.220 e. The van der Waals surface area contributed by atoms with Crippen LogP contribution in [0.4, 0.5) is 0 Å². The van der Waals surface area contributed by atoms with Gasteiger partial charge in [-0.2, -0.15) is 0 Å². The summed E-state index contributed by atoms with van der Waals surface area (Å²) in [7, 11) is 0. The molecule has 3 fully saturated rings. The van der Waals surface area contributed by atoms with Crippen LogP contribution in [0.1, 0.15) is 239 Å². The number of carbonyl (C=O) groups excluding carboxylic acids is 1. The normalized spacial score (nSPS) is 27.5. The number of aliphatic hydroxyl groups excluding tert-OH is 11. The second kappa shape index (κ2) is 58.7. The summed E-state index contributed by atoms with van der Waals surface area (Å²) < 4.78 is 34.4. The van der Waals surface area contributed by atoms with Crippen molar-refractivity contribution in [2.24, 2.45) is 0 Å². The second-order valence-electron chi connectivity index (χ2n) is 26.4. The standard InChI is InChI=1S/C79H133NO18/c1-3-5-7-9-11-13-15-17-19-21-23-25-27-29-30-31-32-33-35-37-39-41-43-45-47-49-51-53-55-57-67(85)80-62(63(84)56-54-52-50-48-46-44-42-40-38-36-34-28-26-24-22-20-18-16-14-12-10-8-6-4-2)61-93-77-73(91)70(88)75(65(59-82)95-77)98-79-74(92)71(89)76(66(60-83)96-79)97-78-72(90)69(87)68(86)64(58-81)94-78/h5,7,11,13,17,19,23,25,29-30,32-33,37,39,43,45,49,51,54,56,62-66,68-79,81-84,86-92H,3-4,6,8-10,12,14-16,18,20-22,24,26-28,31,34-36,38,40-42,44,46-48,50,52-53,55,57-61H2,1-2H3,(H,80,85)/b7-5-,13-11-,19-17-,25-23-,30-29-,33-32-,39-37-,45-43-,51-49-,56-54+. The molecule has 98 heavy (non-hydrogen) atoms. The molecule has 17 atom stereocenters. The van der Waals surface area contributed by atoms with E-state index in [9.17, 15) is 61.0 Å². The molecule has 1 amide bonds. The lowest BCUT2D eigenvalue weighted by molar-refractivity contribution is -0.379. The lowest BCUT2D eigenvalue weighted by Crippen LogP contribution is -2.66. The first-order valence-electron chi connectivity index (χ1n) is 37.8. The number of unbranched alkanes of at least 4 members (excludes halogenated alkanes) is 23. The molecule has 0 saturated carbocycles. The lowest BCUT2D eigenvalue weighted by Gasteiger charge is -2.48. The maximum atomic E-state index is 13.4. The van der Waals surface area contributed by atoms with Crippen molar-refractivity contribution in [3.8, 4) is 0 Å². The van der Waals surface area contributed by atoms with Gasteiger partial charge in [-0.1, -0.05) is 270 Å². The third-order valence-electron chi connectivity index (χ3n) is 18.0. The molecule has 3 aliphatic rings. The Morgan fingerprint density at radius 3 is 1.09 bits per heavy atom. The average molecular weight is 1380 g/mol. The van der Waals surface area contributed by atoms with Gasteiger partial charge in [-0.25, -0.2) is 0 Å². The first-order chi connectivity index (χ1) is 47.8. The Labute approximate surface area is 588 Å². The first kappa shape index (κ1) is 88.4. The Morgan fingerprint density at radius 1 is 0.378 bits per heavy atom. The third kappa shape index (κ3) is 39.0. The van der Waals surface area contributed by atoms with Crippen molar-refractivity contribution in [3.63, 3.8) is 0 Å². The van der Waals surface area contributed by atoms with Crippen LogP contribution in [-0.2, 0) is 33.2 Å². The lowest BCUT2D eigenvalue weighted by atomic mass is 9.96. The van der Waals surface area contributed by atoms with Crippen LogP contribution in [0, 0.1) is 0 Å². The fourth-order valence-electron chi connectivity index (χ4n) is 12.0. The van der Waals surface area contributed by atoms with Crippen molar-refractivity contribution in [2.75, 3.05) is 26.4 Å². The number of allylic oxidation sites excluding steroid dienone is 19. The summed E-state index contributed by atoms with van der Waals surface area (Å²) in [5.41, 5.74) is 0. The van der Waals surface area contributed by atoms with E-state index in [1.165, 1.54) is 122 Å². The Kier molecular flexibility index (Phi) is 52.9.